The zero-order chi connectivity index (χ0) is 18.4. The van der Waals surface area contributed by atoms with Crippen LogP contribution < -0.4 is 4.72 Å². The molecule has 0 bridgehead atoms. The number of carbonyl (C=O) groups excluding carboxylic acids is 1. The Morgan fingerprint density at radius 3 is 2.20 bits per heavy atom. The van der Waals surface area contributed by atoms with Crippen LogP contribution >= 0.6 is 0 Å². The molecule has 0 aliphatic heterocycles. The van der Waals surface area contributed by atoms with Gasteiger partial charge in [-0.25, -0.2) is 17.9 Å². The molecule has 0 saturated heterocycles. The minimum atomic E-state index is -3.73. The van der Waals surface area contributed by atoms with Gasteiger partial charge in [0.25, 0.3) is 0 Å². The van der Waals surface area contributed by atoms with Gasteiger partial charge in [-0.2, -0.15) is 0 Å². The number of likely N-dealkylation sites (N-methyl/N-ethyl adjacent to an activating group) is 1. The quantitative estimate of drug-likeness (QED) is 0.763. The average molecular weight is 362 g/mol. The Morgan fingerprint density at radius 1 is 1.08 bits per heavy atom. The van der Waals surface area contributed by atoms with Crippen LogP contribution in [0, 0.1) is 0 Å². The van der Waals surface area contributed by atoms with E-state index in [1.54, 1.807) is 0 Å². The monoisotopic (exact) mass is 362 g/mol. The lowest BCUT2D eigenvalue weighted by Gasteiger charge is -2.22. The summed E-state index contributed by atoms with van der Waals surface area (Å²) in [5.41, 5.74) is 1.18. The second-order valence-corrected chi connectivity index (χ2v) is 7.58. The van der Waals surface area contributed by atoms with E-state index in [0.717, 1.165) is 5.56 Å². The van der Waals surface area contributed by atoms with Crippen LogP contribution in [0.5, 0.6) is 0 Å². The predicted octanol–water partition coefficient (Wildman–Crippen LogP) is 2.05. The maximum atomic E-state index is 12.7. The average Bonchev–Trinajstić information content (AvgIpc) is 2.61. The van der Waals surface area contributed by atoms with Crippen molar-refractivity contribution in [1.82, 2.24) is 9.62 Å². The van der Waals surface area contributed by atoms with E-state index in [9.17, 15) is 13.2 Å². The van der Waals surface area contributed by atoms with E-state index in [0.29, 0.717) is 12.1 Å². The third-order valence-corrected chi connectivity index (χ3v) is 5.12. The van der Waals surface area contributed by atoms with Gasteiger partial charge in [-0.3, -0.25) is 0 Å². The number of ether oxygens (including phenoxy) is 1. The molecule has 0 spiro atoms. The third kappa shape index (κ3) is 5.12. The van der Waals surface area contributed by atoms with Crippen molar-refractivity contribution in [2.24, 2.45) is 0 Å². The highest BCUT2D eigenvalue weighted by atomic mass is 32.2. The van der Waals surface area contributed by atoms with Crippen LogP contribution in [0.15, 0.2) is 59.5 Å². The summed E-state index contributed by atoms with van der Waals surface area (Å²) in [6, 6.07) is 14.7. The molecular weight excluding hydrogens is 340 g/mol. The van der Waals surface area contributed by atoms with Crippen LogP contribution in [0.2, 0.25) is 0 Å². The Balaban J connectivity index is 2.26. The maximum absolute atomic E-state index is 12.7. The normalized spacial score (nSPS) is 12.8. The van der Waals surface area contributed by atoms with Gasteiger partial charge in [-0.1, -0.05) is 30.3 Å². The summed E-state index contributed by atoms with van der Waals surface area (Å²) in [5, 5.41) is 0. The number of benzene rings is 2. The van der Waals surface area contributed by atoms with Crippen LogP contribution in [0.3, 0.4) is 0 Å². The van der Waals surface area contributed by atoms with Crippen molar-refractivity contribution in [3.8, 4) is 0 Å². The highest BCUT2D eigenvalue weighted by Crippen LogP contribution is 2.18. The number of carbonyl (C=O) groups is 1. The summed E-state index contributed by atoms with van der Waals surface area (Å²) >= 11 is 0. The van der Waals surface area contributed by atoms with Crippen molar-refractivity contribution >= 4 is 16.0 Å². The summed E-state index contributed by atoms with van der Waals surface area (Å²) in [5.74, 6) is -0.508. The standard InChI is InChI=1S/C18H22N2O4S/c1-20(2)13-17(14-7-5-4-6-8-14)19-25(22,23)16-11-9-15(10-12-16)18(21)24-3/h4-12,17,19H,13H2,1-3H3. The first-order valence-corrected chi connectivity index (χ1v) is 9.22. The highest BCUT2D eigenvalue weighted by Gasteiger charge is 2.22. The maximum Gasteiger partial charge on any atom is 0.337 e. The molecule has 0 aromatic heterocycles. The minimum absolute atomic E-state index is 0.0971. The molecule has 0 amide bonds. The summed E-state index contributed by atoms with van der Waals surface area (Å²) in [4.78, 5) is 13.5. The fourth-order valence-electron chi connectivity index (χ4n) is 2.40. The highest BCUT2D eigenvalue weighted by molar-refractivity contribution is 7.89. The molecule has 0 aliphatic carbocycles. The fourth-order valence-corrected chi connectivity index (χ4v) is 3.62. The summed E-state index contributed by atoms with van der Waals surface area (Å²) in [7, 11) is 1.32. The van der Waals surface area contributed by atoms with Gasteiger partial charge in [-0.15, -0.1) is 0 Å². The molecule has 6 nitrogen and oxygen atoms in total. The van der Waals surface area contributed by atoms with E-state index in [2.05, 4.69) is 9.46 Å². The summed E-state index contributed by atoms with van der Waals surface area (Å²) in [6.45, 7) is 0.517. The SMILES string of the molecule is COC(=O)c1ccc(S(=O)(=O)NC(CN(C)C)c2ccccc2)cc1. The lowest BCUT2D eigenvalue weighted by molar-refractivity contribution is 0.0600. The Bertz CT molecular complexity index is 803. The predicted molar refractivity (Wildman–Crippen MR) is 95.8 cm³/mol. The topological polar surface area (TPSA) is 75.7 Å². The number of nitrogens with zero attached hydrogens (tertiary/aromatic N) is 1. The molecule has 2 aromatic carbocycles. The molecule has 0 heterocycles. The molecule has 2 rings (SSSR count). The molecule has 7 heteroatoms. The first kappa shape index (κ1) is 19.1. The number of methoxy groups -OCH3 is 1. The smallest absolute Gasteiger partial charge is 0.337 e. The molecule has 0 saturated carbocycles. The van der Waals surface area contributed by atoms with Gasteiger partial charge in [0.15, 0.2) is 0 Å². The second kappa shape index (κ2) is 8.24. The fraction of sp³-hybridized carbons (Fsp3) is 0.278. The molecule has 25 heavy (non-hydrogen) atoms. The van der Waals surface area contributed by atoms with Crippen LogP contribution in [0.4, 0.5) is 0 Å². The number of nitrogens with one attached hydrogen (secondary N) is 1. The summed E-state index contributed by atoms with van der Waals surface area (Å²) < 4.78 is 32.8. The van der Waals surface area contributed by atoms with E-state index in [4.69, 9.17) is 0 Å². The summed E-state index contributed by atoms with van der Waals surface area (Å²) in [6.07, 6.45) is 0. The van der Waals surface area contributed by atoms with E-state index >= 15 is 0 Å². The first-order valence-electron chi connectivity index (χ1n) is 7.74. The van der Waals surface area contributed by atoms with E-state index in [1.165, 1.54) is 31.4 Å². The van der Waals surface area contributed by atoms with Crippen molar-refractivity contribution in [2.75, 3.05) is 27.7 Å². The lowest BCUT2D eigenvalue weighted by atomic mass is 10.1. The van der Waals surface area contributed by atoms with Gasteiger partial charge < -0.3 is 9.64 Å². The number of sulfonamides is 1. The molecule has 1 atom stereocenters. The molecule has 1 N–H and O–H groups in total. The minimum Gasteiger partial charge on any atom is -0.465 e. The van der Waals surface area contributed by atoms with Gasteiger partial charge in [-0.05, 0) is 43.9 Å². The van der Waals surface area contributed by atoms with E-state index < -0.39 is 16.0 Å². The van der Waals surface area contributed by atoms with Gasteiger partial charge in [0.05, 0.1) is 23.6 Å². The Hall–Kier alpha value is -2.22. The molecule has 0 radical (unpaired) electrons. The van der Waals surface area contributed by atoms with Crippen LogP contribution in [0.25, 0.3) is 0 Å². The van der Waals surface area contributed by atoms with Gasteiger partial charge in [0.2, 0.25) is 10.0 Å². The van der Waals surface area contributed by atoms with Crippen LogP contribution in [-0.2, 0) is 14.8 Å². The van der Waals surface area contributed by atoms with Crippen molar-refractivity contribution in [1.29, 1.82) is 0 Å². The second-order valence-electron chi connectivity index (χ2n) is 5.86. The van der Waals surface area contributed by atoms with Crippen molar-refractivity contribution < 1.29 is 17.9 Å². The molecular formula is C18H22N2O4S. The third-order valence-electron chi connectivity index (χ3n) is 3.63. The van der Waals surface area contributed by atoms with Crippen LogP contribution in [0.1, 0.15) is 22.0 Å². The molecule has 0 fully saturated rings. The molecule has 2 aromatic rings. The number of esters is 1. The van der Waals surface area contributed by atoms with Gasteiger partial charge in [0, 0.05) is 6.54 Å². The Morgan fingerprint density at radius 2 is 1.68 bits per heavy atom. The van der Waals surface area contributed by atoms with E-state index in [1.807, 2.05) is 49.3 Å². The van der Waals surface area contributed by atoms with Gasteiger partial charge in [0.1, 0.15) is 0 Å². The van der Waals surface area contributed by atoms with Crippen molar-refractivity contribution in [3.63, 3.8) is 0 Å². The van der Waals surface area contributed by atoms with Crippen molar-refractivity contribution in [2.45, 2.75) is 10.9 Å². The molecule has 134 valence electrons. The number of hydrogen-bond donors (Lipinski definition) is 1. The van der Waals surface area contributed by atoms with Crippen LogP contribution in [-0.4, -0.2) is 47.0 Å². The Labute approximate surface area is 148 Å². The molecule has 0 aliphatic rings. The first-order chi connectivity index (χ1) is 11.8. The molecule has 1 unspecified atom stereocenters. The zero-order valence-electron chi connectivity index (χ0n) is 14.5. The van der Waals surface area contributed by atoms with Crippen molar-refractivity contribution in [3.05, 3.63) is 65.7 Å². The number of hydrogen-bond acceptors (Lipinski definition) is 5. The Kier molecular flexibility index (Phi) is 6.30. The largest absolute Gasteiger partial charge is 0.465 e. The zero-order valence-corrected chi connectivity index (χ0v) is 15.3. The van der Waals surface area contributed by atoms with Gasteiger partial charge >= 0.3 is 5.97 Å². The lowest BCUT2D eigenvalue weighted by Crippen LogP contribution is -2.35. The number of rotatable bonds is 7. The van der Waals surface area contributed by atoms with E-state index in [-0.39, 0.29) is 10.9 Å².